The second-order valence-corrected chi connectivity index (χ2v) is 4.87. The molecule has 1 aliphatic carbocycles. The molecule has 1 aromatic heterocycles. The van der Waals surface area contributed by atoms with E-state index in [1.807, 2.05) is 12.1 Å². The summed E-state index contributed by atoms with van der Waals surface area (Å²) in [5.41, 5.74) is 2.62. The molecule has 98 valence electrons. The summed E-state index contributed by atoms with van der Waals surface area (Å²) in [6, 6.07) is 8.25. The molecule has 0 atom stereocenters. The fourth-order valence-corrected chi connectivity index (χ4v) is 2.46. The number of hydrogen-bond acceptors (Lipinski definition) is 3. The molecule has 4 heteroatoms. The van der Waals surface area contributed by atoms with Crippen molar-refractivity contribution in [2.75, 3.05) is 7.11 Å². The van der Waals surface area contributed by atoms with Gasteiger partial charge >= 0.3 is 0 Å². The van der Waals surface area contributed by atoms with Crippen LogP contribution in [0.1, 0.15) is 30.7 Å². The number of ether oxygens (including phenoxy) is 1. The highest BCUT2D eigenvalue weighted by Gasteiger charge is 2.20. The van der Waals surface area contributed by atoms with Gasteiger partial charge in [-0.05, 0) is 30.4 Å². The second-order valence-electron chi connectivity index (χ2n) is 4.87. The third-order valence-corrected chi connectivity index (χ3v) is 3.75. The van der Waals surface area contributed by atoms with E-state index in [1.165, 1.54) is 38.3 Å². The van der Waals surface area contributed by atoms with Crippen molar-refractivity contribution < 1.29 is 4.74 Å². The molecule has 0 radical (unpaired) electrons. The van der Waals surface area contributed by atoms with Crippen LogP contribution in [0.25, 0.3) is 11.3 Å². The van der Waals surface area contributed by atoms with Gasteiger partial charge < -0.3 is 9.72 Å². The quantitative estimate of drug-likeness (QED) is 0.918. The van der Waals surface area contributed by atoms with E-state index >= 15 is 0 Å². The van der Waals surface area contributed by atoms with E-state index in [0.717, 1.165) is 5.56 Å². The monoisotopic (exact) mass is 256 g/mol. The molecule has 3 rings (SSSR count). The van der Waals surface area contributed by atoms with Gasteiger partial charge in [-0.3, -0.25) is 4.79 Å². The molecule has 0 bridgehead atoms. The summed E-state index contributed by atoms with van der Waals surface area (Å²) in [5.74, 6) is 0.932. The molecule has 1 heterocycles. The first-order valence-electron chi connectivity index (χ1n) is 6.51. The van der Waals surface area contributed by atoms with Crippen LogP contribution >= 0.6 is 0 Å². The SMILES string of the molecule is COc1c(-c2cccc(C3CCC3)c2)nc[nH]c1=O. The summed E-state index contributed by atoms with van der Waals surface area (Å²) in [4.78, 5) is 18.5. The number of benzene rings is 1. The van der Waals surface area contributed by atoms with Gasteiger partial charge in [-0.2, -0.15) is 0 Å². The lowest BCUT2D eigenvalue weighted by molar-refractivity contribution is 0.408. The van der Waals surface area contributed by atoms with E-state index in [0.29, 0.717) is 11.6 Å². The maximum atomic E-state index is 11.7. The van der Waals surface area contributed by atoms with Crippen LogP contribution < -0.4 is 10.3 Å². The van der Waals surface area contributed by atoms with Gasteiger partial charge in [0.15, 0.2) is 0 Å². The van der Waals surface area contributed by atoms with Crippen molar-refractivity contribution in [1.29, 1.82) is 0 Å². The van der Waals surface area contributed by atoms with Crippen molar-refractivity contribution in [3.8, 4) is 17.0 Å². The van der Waals surface area contributed by atoms with E-state index in [9.17, 15) is 4.79 Å². The average Bonchev–Trinajstić information content (AvgIpc) is 2.37. The van der Waals surface area contributed by atoms with E-state index in [4.69, 9.17) is 4.74 Å². The molecule has 1 saturated carbocycles. The van der Waals surface area contributed by atoms with Crippen LogP contribution in [0, 0.1) is 0 Å². The van der Waals surface area contributed by atoms with Gasteiger partial charge in [-0.1, -0.05) is 24.6 Å². The molecule has 1 aromatic carbocycles. The van der Waals surface area contributed by atoms with E-state index in [-0.39, 0.29) is 11.3 Å². The van der Waals surface area contributed by atoms with Crippen LogP contribution in [-0.4, -0.2) is 17.1 Å². The fraction of sp³-hybridized carbons (Fsp3) is 0.333. The minimum atomic E-state index is -0.249. The summed E-state index contributed by atoms with van der Waals surface area (Å²) in [5, 5.41) is 0. The molecule has 1 N–H and O–H groups in total. The normalized spacial score (nSPS) is 15.0. The number of methoxy groups -OCH3 is 1. The van der Waals surface area contributed by atoms with E-state index < -0.39 is 0 Å². The maximum Gasteiger partial charge on any atom is 0.293 e. The number of nitrogens with one attached hydrogen (secondary N) is 1. The predicted molar refractivity (Wildman–Crippen MR) is 73.4 cm³/mol. The van der Waals surface area contributed by atoms with Crippen molar-refractivity contribution in [2.45, 2.75) is 25.2 Å². The van der Waals surface area contributed by atoms with Crippen molar-refractivity contribution in [3.63, 3.8) is 0 Å². The van der Waals surface area contributed by atoms with Crippen LogP contribution in [0.15, 0.2) is 35.4 Å². The van der Waals surface area contributed by atoms with Gasteiger partial charge in [0.05, 0.1) is 13.4 Å². The molecule has 2 aromatic rings. The lowest BCUT2D eigenvalue weighted by Gasteiger charge is -2.26. The smallest absolute Gasteiger partial charge is 0.293 e. The molecule has 0 aliphatic heterocycles. The lowest BCUT2D eigenvalue weighted by atomic mass is 9.79. The van der Waals surface area contributed by atoms with Crippen LogP contribution in [0.3, 0.4) is 0 Å². The highest BCUT2D eigenvalue weighted by Crippen LogP contribution is 2.37. The minimum Gasteiger partial charge on any atom is -0.490 e. The molecule has 0 saturated heterocycles. The van der Waals surface area contributed by atoms with Gasteiger partial charge in [-0.15, -0.1) is 0 Å². The molecule has 0 amide bonds. The zero-order chi connectivity index (χ0) is 13.2. The Hall–Kier alpha value is -2.10. The molecule has 0 spiro atoms. The van der Waals surface area contributed by atoms with Crippen LogP contribution in [0.4, 0.5) is 0 Å². The summed E-state index contributed by atoms with van der Waals surface area (Å²) in [6.07, 6.45) is 5.23. The summed E-state index contributed by atoms with van der Waals surface area (Å²) >= 11 is 0. The topological polar surface area (TPSA) is 55.0 Å². The minimum absolute atomic E-state index is 0.249. The molecular formula is C15H16N2O2. The Morgan fingerprint density at radius 1 is 1.37 bits per heavy atom. The van der Waals surface area contributed by atoms with Gasteiger partial charge in [-0.25, -0.2) is 4.98 Å². The first-order valence-corrected chi connectivity index (χ1v) is 6.51. The molecule has 19 heavy (non-hydrogen) atoms. The Kier molecular flexibility index (Phi) is 3.07. The first-order chi connectivity index (χ1) is 9.29. The fourth-order valence-electron chi connectivity index (χ4n) is 2.46. The number of aromatic nitrogens is 2. The first kappa shape index (κ1) is 12.0. The van der Waals surface area contributed by atoms with Crippen molar-refractivity contribution in [1.82, 2.24) is 9.97 Å². The number of aromatic amines is 1. The second kappa shape index (κ2) is 4.88. The van der Waals surface area contributed by atoms with Gasteiger partial charge in [0.25, 0.3) is 5.56 Å². The van der Waals surface area contributed by atoms with Crippen LogP contribution in [-0.2, 0) is 0 Å². The Bertz CT molecular complexity index is 645. The third-order valence-electron chi connectivity index (χ3n) is 3.75. The van der Waals surface area contributed by atoms with Crippen LogP contribution in [0.2, 0.25) is 0 Å². The third kappa shape index (κ3) is 2.14. The predicted octanol–water partition coefficient (Wildman–Crippen LogP) is 2.71. The van der Waals surface area contributed by atoms with Gasteiger partial charge in [0.1, 0.15) is 5.69 Å². The molecule has 0 unspecified atom stereocenters. The summed E-state index contributed by atoms with van der Waals surface area (Å²) in [7, 11) is 1.49. The standard InChI is InChI=1S/C15H16N2O2/c1-19-14-13(16-9-17-15(14)18)12-7-3-6-11(8-12)10-4-2-5-10/h3,6-10H,2,4-5H2,1H3,(H,16,17,18). The van der Waals surface area contributed by atoms with E-state index in [1.54, 1.807) is 0 Å². The molecule has 1 aliphatic rings. The zero-order valence-corrected chi connectivity index (χ0v) is 10.8. The summed E-state index contributed by atoms with van der Waals surface area (Å²) in [6.45, 7) is 0. The lowest BCUT2D eigenvalue weighted by Crippen LogP contribution is -2.12. The number of hydrogen-bond donors (Lipinski definition) is 1. The van der Waals surface area contributed by atoms with E-state index in [2.05, 4.69) is 22.1 Å². The highest BCUT2D eigenvalue weighted by molar-refractivity contribution is 5.66. The zero-order valence-electron chi connectivity index (χ0n) is 10.8. The van der Waals surface area contributed by atoms with Crippen LogP contribution in [0.5, 0.6) is 5.75 Å². The van der Waals surface area contributed by atoms with Gasteiger partial charge in [0, 0.05) is 5.56 Å². The average molecular weight is 256 g/mol. The van der Waals surface area contributed by atoms with Crippen molar-refractivity contribution in [2.24, 2.45) is 0 Å². The highest BCUT2D eigenvalue weighted by atomic mass is 16.5. The Balaban J connectivity index is 2.06. The Morgan fingerprint density at radius 3 is 2.89 bits per heavy atom. The van der Waals surface area contributed by atoms with Gasteiger partial charge in [0.2, 0.25) is 5.75 Å². The molecular weight excluding hydrogens is 240 g/mol. The Labute approximate surface area is 111 Å². The summed E-state index contributed by atoms with van der Waals surface area (Å²) < 4.78 is 5.16. The van der Waals surface area contributed by atoms with Crippen molar-refractivity contribution in [3.05, 3.63) is 46.5 Å². The number of H-pyrrole nitrogens is 1. The molecule has 1 fully saturated rings. The molecule has 4 nitrogen and oxygen atoms in total. The largest absolute Gasteiger partial charge is 0.490 e. The van der Waals surface area contributed by atoms with Crippen molar-refractivity contribution >= 4 is 0 Å². The Morgan fingerprint density at radius 2 is 2.21 bits per heavy atom. The number of rotatable bonds is 3. The number of nitrogens with zero attached hydrogens (tertiary/aromatic N) is 1. The maximum absolute atomic E-state index is 11.7.